The number of hydrogen-bond acceptors (Lipinski definition) is 5. The average Bonchev–Trinajstić information content (AvgIpc) is 2.72. The molecule has 0 aromatic heterocycles. The minimum absolute atomic E-state index is 0.0784. The Bertz CT molecular complexity index is 700. The molecule has 7 heteroatoms. The largest absolute Gasteiger partial charge is 0.467 e. The molecule has 0 bridgehead atoms. The summed E-state index contributed by atoms with van der Waals surface area (Å²) in [5, 5.41) is 2.76. The Kier molecular flexibility index (Phi) is 9.15. The second-order valence-corrected chi connectivity index (χ2v) is 8.49. The van der Waals surface area contributed by atoms with Crippen LogP contribution >= 0.6 is 0 Å². The molecule has 2 atom stereocenters. The van der Waals surface area contributed by atoms with Crippen molar-refractivity contribution in [3.8, 4) is 0 Å². The van der Waals surface area contributed by atoms with Gasteiger partial charge in [0.15, 0.2) is 0 Å². The molecule has 1 aromatic carbocycles. The standard InChI is InChI=1S/C23H35N3O4/c1-17(2)14-20(23(29)30-4)24-21(27)15-18(3)16-22(28)26-12-10-25(11-13-26)19-8-6-5-7-9-19/h5-9,17-18,20H,10-16H2,1-4H3,(H,24,27)/t18-,20+/m1/s1. The predicted octanol–water partition coefficient (Wildman–Crippen LogP) is 2.46. The first-order valence-corrected chi connectivity index (χ1v) is 10.7. The fourth-order valence-corrected chi connectivity index (χ4v) is 3.75. The quantitative estimate of drug-likeness (QED) is 0.625. The van der Waals surface area contributed by atoms with Crippen molar-refractivity contribution in [2.24, 2.45) is 11.8 Å². The topological polar surface area (TPSA) is 78.9 Å². The first-order valence-electron chi connectivity index (χ1n) is 10.7. The summed E-state index contributed by atoms with van der Waals surface area (Å²) in [5.74, 6) is -0.419. The number of para-hydroxylation sites is 1. The van der Waals surface area contributed by atoms with Crippen LogP contribution in [0.5, 0.6) is 0 Å². The van der Waals surface area contributed by atoms with E-state index in [0.29, 0.717) is 25.9 Å². The van der Waals surface area contributed by atoms with Gasteiger partial charge in [0.25, 0.3) is 0 Å². The van der Waals surface area contributed by atoms with Gasteiger partial charge in [-0.15, -0.1) is 0 Å². The molecule has 1 N–H and O–H groups in total. The van der Waals surface area contributed by atoms with E-state index in [2.05, 4.69) is 22.3 Å². The number of nitrogens with zero attached hydrogens (tertiary/aromatic N) is 2. The van der Waals surface area contributed by atoms with Gasteiger partial charge >= 0.3 is 5.97 Å². The van der Waals surface area contributed by atoms with Crippen LogP contribution in [0.2, 0.25) is 0 Å². The van der Waals surface area contributed by atoms with Crippen LogP contribution in [0.3, 0.4) is 0 Å². The zero-order valence-corrected chi connectivity index (χ0v) is 18.6. The highest BCUT2D eigenvalue weighted by molar-refractivity contribution is 5.85. The molecule has 1 aromatic rings. The molecule has 0 radical (unpaired) electrons. The Hall–Kier alpha value is -2.57. The van der Waals surface area contributed by atoms with Gasteiger partial charge in [-0.2, -0.15) is 0 Å². The smallest absolute Gasteiger partial charge is 0.328 e. The summed E-state index contributed by atoms with van der Waals surface area (Å²) in [5.41, 5.74) is 1.18. The second kappa shape index (κ2) is 11.6. The minimum atomic E-state index is -0.642. The Morgan fingerprint density at radius 1 is 1.00 bits per heavy atom. The minimum Gasteiger partial charge on any atom is -0.467 e. The number of benzene rings is 1. The van der Waals surface area contributed by atoms with E-state index < -0.39 is 12.0 Å². The van der Waals surface area contributed by atoms with Gasteiger partial charge in [0.2, 0.25) is 11.8 Å². The molecule has 2 amide bonds. The van der Waals surface area contributed by atoms with E-state index in [1.54, 1.807) is 0 Å². The highest BCUT2D eigenvalue weighted by Crippen LogP contribution is 2.17. The van der Waals surface area contributed by atoms with E-state index in [-0.39, 0.29) is 30.1 Å². The third kappa shape index (κ3) is 7.35. The van der Waals surface area contributed by atoms with Gasteiger partial charge in [-0.05, 0) is 30.4 Å². The van der Waals surface area contributed by atoms with Crippen molar-refractivity contribution in [2.75, 3.05) is 38.2 Å². The number of nitrogens with one attached hydrogen (secondary N) is 1. The SMILES string of the molecule is COC(=O)[C@H](CC(C)C)NC(=O)C[C@@H](C)CC(=O)N1CCN(c2ccccc2)CC1. The molecule has 1 saturated heterocycles. The maximum Gasteiger partial charge on any atom is 0.328 e. The van der Waals surface area contributed by atoms with Gasteiger partial charge in [-0.3, -0.25) is 9.59 Å². The molecule has 166 valence electrons. The van der Waals surface area contributed by atoms with Crippen molar-refractivity contribution in [1.29, 1.82) is 0 Å². The lowest BCUT2D eigenvalue weighted by Crippen LogP contribution is -2.49. The number of amides is 2. The number of carbonyl (C=O) groups excluding carboxylic acids is 3. The van der Waals surface area contributed by atoms with Crippen molar-refractivity contribution in [2.45, 2.75) is 46.1 Å². The molecule has 1 heterocycles. The van der Waals surface area contributed by atoms with Crippen LogP contribution in [0.4, 0.5) is 5.69 Å². The van der Waals surface area contributed by atoms with Crippen molar-refractivity contribution < 1.29 is 19.1 Å². The van der Waals surface area contributed by atoms with Crippen molar-refractivity contribution in [1.82, 2.24) is 10.2 Å². The molecule has 1 aliphatic rings. The van der Waals surface area contributed by atoms with Crippen molar-refractivity contribution >= 4 is 23.5 Å². The highest BCUT2D eigenvalue weighted by Gasteiger charge is 2.26. The zero-order chi connectivity index (χ0) is 22.1. The summed E-state index contributed by atoms with van der Waals surface area (Å²) in [6.07, 6.45) is 1.06. The molecular weight excluding hydrogens is 382 g/mol. The van der Waals surface area contributed by atoms with Crippen LogP contribution in [0, 0.1) is 11.8 Å². The maximum atomic E-state index is 12.7. The van der Waals surface area contributed by atoms with Gasteiger partial charge in [-0.25, -0.2) is 4.79 Å². The number of rotatable bonds is 9. The molecule has 7 nitrogen and oxygen atoms in total. The summed E-state index contributed by atoms with van der Waals surface area (Å²) in [7, 11) is 1.32. The fourth-order valence-electron chi connectivity index (χ4n) is 3.75. The molecule has 30 heavy (non-hydrogen) atoms. The van der Waals surface area contributed by atoms with E-state index in [1.807, 2.05) is 43.9 Å². The second-order valence-electron chi connectivity index (χ2n) is 8.49. The number of hydrogen-bond donors (Lipinski definition) is 1. The van der Waals surface area contributed by atoms with E-state index in [1.165, 1.54) is 12.8 Å². The Balaban J connectivity index is 1.77. The molecule has 0 spiro atoms. The summed E-state index contributed by atoms with van der Waals surface area (Å²) >= 11 is 0. The highest BCUT2D eigenvalue weighted by atomic mass is 16.5. The van der Waals surface area contributed by atoms with Crippen LogP contribution in [0.15, 0.2) is 30.3 Å². The molecule has 0 aliphatic carbocycles. The lowest BCUT2D eigenvalue weighted by Gasteiger charge is -2.36. The van der Waals surface area contributed by atoms with E-state index >= 15 is 0 Å². The van der Waals surface area contributed by atoms with E-state index in [4.69, 9.17) is 4.74 Å². The Morgan fingerprint density at radius 2 is 1.63 bits per heavy atom. The van der Waals surface area contributed by atoms with Crippen LogP contribution in [0.25, 0.3) is 0 Å². The number of methoxy groups -OCH3 is 1. The monoisotopic (exact) mass is 417 g/mol. The summed E-state index contributed by atoms with van der Waals surface area (Å²) in [6.45, 7) is 8.85. The Morgan fingerprint density at radius 3 is 2.20 bits per heavy atom. The Labute approximate surface area is 179 Å². The number of ether oxygens (including phenoxy) is 1. The molecular formula is C23H35N3O4. The summed E-state index contributed by atoms with van der Waals surface area (Å²) in [4.78, 5) is 41.1. The van der Waals surface area contributed by atoms with Crippen LogP contribution < -0.4 is 10.2 Å². The van der Waals surface area contributed by atoms with Gasteiger partial charge < -0.3 is 19.9 Å². The van der Waals surface area contributed by atoms with Crippen LogP contribution in [-0.4, -0.2) is 62.0 Å². The van der Waals surface area contributed by atoms with Crippen LogP contribution in [-0.2, 0) is 19.1 Å². The van der Waals surface area contributed by atoms with Crippen molar-refractivity contribution in [3.63, 3.8) is 0 Å². The first kappa shape index (κ1) is 23.7. The van der Waals surface area contributed by atoms with E-state index in [0.717, 1.165) is 13.1 Å². The summed E-state index contributed by atoms with van der Waals surface area (Å²) < 4.78 is 4.79. The number of piperazine rings is 1. The number of anilines is 1. The van der Waals surface area contributed by atoms with Gasteiger partial charge in [0.05, 0.1) is 7.11 Å². The fraction of sp³-hybridized carbons (Fsp3) is 0.609. The molecule has 1 aliphatic heterocycles. The molecule has 0 unspecified atom stereocenters. The molecule has 2 rings (SSSR count). The van der Waals surface area contributed by atoms with Crippen molar-refractivity contribution in [3.05, 3.63) is 30.3 Å². The normalized spacial score (nSPS) is 16.2. The molecule has 0 saturated carbocycles. The van der Waals surface area contributed by atoms with E-state index in [9.17, 15) is 14.4 Å². The van der Waals surface area contributed by atoms with Gasteiger partial charge in [0, 0.05) is 44.7 Å². The van der Waals surface area contributed by atoms with Gasteiger partial charge in [-0.1, -0.05) is 39.0 Å². The third-order valence-electron chi connectivity index (χ3n) is 5.34. The first-order chi connectivity index (χ1) is 14.3. The average molecular weight is 418 g/mol. The molecule has 1 fully saturated rings. The summed E-state index contributed by atoms with van der Waals surface area (Å²) in [6, 6.07) is 9.56. The lowest BCUT2D eigenvalue weighted by molar-refractivity contribution is -0.145. The number of esters is 1. The van der Waals surface area contributed by atoms with Gasteiger partial charge in [0.1, 0.15) is 6.04 Å². The zero-order valence-electron chi connectivity index (χ0n) is 18.6. The third-order valence-corrected chi connectivity index (χ3v) is 5.34. The van der Waals surface area contributed by atoms with Crippen LogP contribution in [0.1, 0.15) is 40.0 Å². The predicted molar refractivity (Wildman–Crippen MR) is 117 cm³/mol. The maximum absolute atomic E-state index is 12.7. The lowest BCUT2D eigenvalue weighted by atomic mass is 10.0. The number of carbonyl (C=O) groups is 3.